The molecule has 1 rings (SSSR count). The average molecular weight is 233 g/mol. The predicted molar refractivity (Wildman–Crippen MR) is 55.0 cm³/mol. The van der Waals surface area contributed by atoms with Crippen molar-refractivity contribution in [2.75, 3.05) is 5.88 Å². The van der Waals surface area contributed by atoms with Crippen LogP contribution in [-0.4, -0.2) is 11.7 Å². The van der Waals surface area contributed by atoms with E-state index >= 15 is 0 Å². The molecule has 0 bridgehead atoms. The molecule has 0 aliphatic carbocycles. The van der Waals surface area contributed by atoms with E-state index in [0.29, 0.717) is 24.3 Å². The Balaban J connectivity index is 2.60. The maximum atomic E-state index is 12.8. The van der Waals surface area contributed by atoms with Crippen molar-refractivity contribution in [1.29, 1.82) is 0 Å². The minimum atomic E-state index is -0.657. The summed E-state index contributed by atoms with van der Waals surface area (Å²) in [5, 5.41) is 0. The smallest absolute Gasteiger partial charge is 0.137 e. The van der Waals surface area contributed by atoms with Crippen LogP contribution in [0.4, 0.5) is 8.78 Å². The van der Waals surface area contributed by atoms with Crippen LogP contribution in [-0.2, 0) is 11.2 Å². The molecule has 4 heteroatoms. The van der Waals surface area contributed by atoms with Gasteiger partial charge in [-0.3, -0.25) is 4.79 Å². The summed E-state index contributed by atoms with van der Waals surface area (Å²) in [4.78, 5) is 11.3. The highest BCUT2D eigenvalue weighted by Crippen LogP contribution is 2.10. The molecule has 0 fully saturated rings. The zero-order valence-corrected chi connectivity index (χ0v) is 8.86. The molecule has 15 heavy (non-hydrogen) atoms. The van der Waals surface area contributed by atoms with Gasteiger partial charge in [-0.25, -0.2) is 8.78 Å². The lowest BCUT2D eigenvalue weighted by Crippen LogP contribution is -2.03. The van der Waals surface area contributed by atoms with Crippen LogP contribution in [0.1, 0.15) is 18.4 Å². The molecule has 0 aliphatic heterocycles. The molecule has 0 unspecified atom stereocenters. The molecule has 1 nitrogen and oxygen atoms in total. The molecule has 0 aromatic heterocycles. The van der Waals surface area contributed by atoms with Gasteiger partial charge in [-0.15, -0.1) is 11.6 Å². The van der Waals surface area contributed by atoms with Crippen LogP contribution in [0.25, 0.3) is 0 Å². The normalized spacial score (nSPS) is 10.3. The third kappa shape index (κ3) is 4.38. The Morgan fingerprint density at radius 1 is 1.20 bits per heavy atom. The summed E-state index contributed by atoms with van der Waals surface area (Å²) < 4.78 is 25.5. The molecule has 0 spiro atoms. The lowest BCUT2D eigenvalue weighted by Gasteiger charge is -2.01. The number of carbonyl (C=O) groups excluding carboxylic acids is 1. The second-order valence-corrected chi connectivity index (χ2v) is 3.66. The Hall–Kier alpha value is -0.960. The first-order valence-corrected chi connectivity index (χ1v) is 5.18. The third-order valence-electron chi connectivity index (χ3n) is 1.91. The van der Waals surface area contributed by atoms with Crippen molar-refractivity contribution in [2.45, 2.75) is 19.3 Å². The van der Waals surface area contributed by atoms with Crippen LogP contribution >= 0.6 is 11.6 Å². The molecule has 1 aromatic carbocycles. The van der Waals surface area contributed by atoms with Gasteiger partial charge in [-0.05, 0) is 24.1 Å². The fourth-order valence-electron chi connectivity index (χ4n) is 1.29. The maximum absolute atomic E-state index is 12.8. The van der Waals surface area contributed by atoms with Crippen molar-refractivity contribution in [3.8, 4) is 0 Å². The molecule has 0 atom stereocenters. The van der Waals surface area contributed by atoms with Crippen LogP contribution in [0.15, 0.2) is 18.2 Å². The molecule has 1 aromatic rings. The molecular weight excluding hydrogens is 222 g/mol. The molecule has 0 heterocycles. The number of hydrogen-bond acceptors (Lipinski definition) is 1. The van der Waals surface area contributed by atoms with E-state index in [-0.39, 0.29) is 12.2 Å². The van der Waals surface area contributed by atoms with Gasteiger partial charge in [0.2, 0.25) is 0 Å². The second kappa shape index (κ2) is 5.81. The summed E-state index contributed by atoms with van der Waals surface area (Å²) in [5.41, 5.74) is 0.368. The minimum absolute atomic E-state index is 0.0550. The number of hydrogen-bond donors (Lipinski definition) is 0. The summed E-state index contributed by atoms with van der Waals surface area (Å²) in [6, 6.07) is 3.12. The van der Waals surface area contributed by atoms with Crippen molar-refractivity contribution in [2.24, 2.45) is 0 Å². The number of rotatable bonds is 5. The number of halogens is 3. The summed E-state index contributed by atoms with van der Waals surface area (Å²) in [6.07, 6.45) is 1.01. The van der Waals surface area contributed by atoms with E-state index in [1.807, 2.05) is 0 Å². The second-order valence-electron chi connectivity index (χ2n) is 3.29. The summed E-state index contributed by atoms with van der Waals surface area (Å²) >= 11 is 5.43. The lowest BCUT2D eigenvalue weighted by molar-refractivity contribution is -0.118. The average Bonchev–Trinajstić information content (AvgIpc) is 2.13. The molecule has 0 radical (unpaired) electrons. The van der Waals surface area contributed by atoms with E-state index in [1.54, 1.807) is 0 Å². The minimum Gasteiger partial charge on any atom is -0.299 e. The van der Waals surface area contributed by atoms with Gasteiger partial charge in [-0.2, -0.15) is 0 Å². The van der Waals surface area contributed by atoms with Gasteiger partial charge in [-0.1, -0.05) is 0 Å². The van der Waals surface area contributed by atoms with Crippen LogP contribution < -0.4 is 0 Å². The Morgan fingerprint density at radius 3 is 2.33 bits per heavy atom. The number of ketones is 1. The Kier molecular flexibility index (Phi) is 4.69. The number of Topliss-reactive ketones (excluding diaryl/α,β-unsaturated/α-hetero) is 1. The highest BCUT2D eigenvalue weighted by Gasteiger charge is 2.06. The first kappa shape index (κ1) is 12.1. The molecule has 0 amide bonds. The lowest BCUT2D eigenvalue weighted by atomic mass is 10.1. The van der Waals surface area contributed by atoms with Gasteiger partial charge in [0.15, 0.2) is 0 Å². The van der Waals surface area contributed by atoms with Crippen LogP contribution in [0, 0.1) is 11.6 Å². The maximum Gasteiger partial charge on any atom is 0.137 e. The van der Waals surface area contributed by atoms with Crippen molar-refractivity contribution in [3.63, 3.8) is 0 Å². The molecule has 0 aliphatic rings. The standard InChI is InChI=1S/C11H11ClF2O/c12-3-1-2-11(15)6-8-4-9(13)7-10(14)5-8/h4-5,7H,1-3,6H2. The topological polar surface area (TPSA) is 17.1 Å². The van der Waals surface area contributed by atoms with Gasteiger partial charge < -0.3 is 0 Å². The van der Waals surface area contributed by atoms with E-state index in [0.717, 1.165) is 6.07 Å². The number of alkyl halides is 1. The van der Waals surface area contributed by atoms with Crippen LogP contribution in [0.2, 0.25) is 0 Å². The first-order valence-electron chi connectivity index (χ1n) is 4.64. The SMILES string of the molecule is O=C(CCCCl)Cc1cc(F)cc(F)c1. The van der Waals surface area contributed by atoms with Crippen molar-refractivity contribution >= 4 is 17.4 Å². The zero-order chi connectivity index (χ0) is 11.3. The summed E-state index contributed by atoms with van der Waals surface area (Å²) in [7, 11) is 0. The third-order valence-corrected chi connectivity index (χ3v) is 2.18. The quantitative estimate of drug-likeness (QED) is 0.713. The molecule has 0 N–H and O–H groups in total. The number of benzene rings is 1. The first-order chi connectivity index (χ1) is 7.11. The van der Waals surface area contributed by atoms with E-state index in [9.17, 15) is 13.6 Å². The largest absolute Gasteiger partial charge is 0.299 e. The van der Waals surface area contributed by atoms with E-state index < -0.39 is 11.6 Å². The Bertz CT molecular complexity index is 332. The van der Waals surface area contributed by atoms with Crippen LogP contribution in [0.3, 0.4) is 0 Å². The predicted octanol–water partition coefficient (Wildman–Crippen LogP) is 3.10. The van der Waals surface area contributed by atoms with Crippen molar-refractivity contribution < 1.29 is 13.6 Å². The fourth-order valence-corrected chi connectivity index (χ4v) is 1.43. The summed E-state index contributed by atoms with van der Waals surface area (Å²) in [6.45, 7) is 0. The van der Waals surface area contributed by atoms with E-state index in [4.69, 9.17) is 11.6 Å². The van der Waals surface area contributed by atoms with E-state index in [2.05, 4.69) is 0 Å². The fraction of sp³-hybridized carbons (Fsp3) is 0.364. The van der Waals surface area contributed by atoms with Gasteiger partial charge in [0, 0.05) is 24.8 Å². The van der Waals surface area contributed by atoms with Gasteiger partial charge in [0.1, 0.15) is 17.4 Å². The van der Waals surface area contributed by atoms with Gasteiger partial charge in [0.25, 0.3) is 0 Å². The number of carbonyl (C=O) groups is 1. The van der Waals surface area contributed by atoms with E-state index in [1.165, 1.54) is 12.1 Å². The van der Waals surface area contributed by atoms with Crippen molar-refractivity contribution in [1.82, 2.24) is 0 Å². The monoisotopic (exact) mass is 232 g/mol. The highest BCUT2D eigenvalue weighted by molar-refractivity contribution is 6.17. The Morgan fingerprint density at radius 2 is 1.80 bits per heavy atom. The highest BCUT2D eigenvalue weighted by atomic mass is 35.5. The summed E-state index contributed by atoms with van der Waals surface area (Å²) in [5.74, 6) is -0.950. The zero-order valence-electron chi connectivity index (χ0n) is 8.10. The van der Waals surface area contributed by atoms with Crippen molar-refractivity contribution in [3.05, 3.63) is 35.4 Å². The Labute approximate surface area is 92.1 Å². The molecule has 0 saturated carbocycles. The molecule has 82 valence electrons. The molecular formula is C11H11ClF2O. The van der Waals surface area contributed by atoms with Gasteiger partial charge in [0.05, 0.1) is 0 Å². The molecule has 0 saturated heterocycles. The van der Waals surface area contributed by atoms with Crippen LogP contribution in [0.5, 0.6) is 0 Å². The van der Waals surface area contributed by atoms with Gasteiger partial charge >= 0.3 is 0 Å².